The number of rotatable bonds is 4. The van der Waals surface area contributed by atoms with Crippen LogP contribution in [0.25, 0.3) is 5.57 Å². The van der Waals surface area contributed by atoms with Gasteiger partial charge >= 0.3 is 5.97 Å². The third-order valence-electron chi connectivity index (χ3n) is 2.47. The SMILES string of the molecule is C=C(C(=O)O)c1cc(C(C)C)ccc1OC. The number of hydrogen-bond donors (Lipinski definition) is 1. The molecule has 1 N–H and O–H groups in total. The molecule has 1 aromatic carbocycles. The normalized spacial score (nSPS) is 10.2. The van der Waals surface area contributed by atoms with E-state index in [0.29, 0.717) is 17.2 Å². The van der Waals surface area contributed by atoms with Crippen LogP contribution in [0.2, 0.25) is 0 Å². The van der Waals surface area contributed by atoms with E-state index < -0.39 is 5.97 Å². The van der Waals surface area contributed by atoms with Gasteiger partial charge in [0.1, 0.15) is 5.75 Å². The van der Waals surface area contributed by atoms with Gasteiger partial charge in [0.2, 0.25) is 0 Å². The largest absolute Gasteiger partial charge is 0.496 e. The Kier molecular flexibility index (Phi) is 3.72. The Balaban J connectivity index is 3.27. The Morgan fingerprint density at radius 1 is 1.44 bits per heavy atom. The Morgan fingerprint density at radius 3 is 2.50 bits per heavy atom. The third-order valence-corrected chi connectivity index (χ3v) is 2.47. The van der Waals surface area contributed by atoms with Gasteiger partial charge in [-0.2, -0.15) is 0 Å². The second kappa shape index (κ2) is 4.84. The van der Waals surface area contributed by atoms with Crippen LogP contribution >= 0.6 is 0 Å². The number of aliphatic carboxylic acids is 1. The molecule has 0 aliphatic carbocycles. The van der Waals surface area contributed by atoms with E-state index in [2.05, 4.69) is 20.4 Å². The first kappa shape index (κ1) is 12.3. The summed E-state index contributed by atoms with van der Waals surface area (Å²) in [5, 5.41) is 8.93. The van der Waals surface area contributed by atoms with Crippen molar-refractivity contribution in [1.29, 1.82) is 0 Å². The van der Waals surface area contributed by atoms with Crippen molar-refractivity contribution < 1.29 is 14.6 Å². The van der Waals surface area contributed by atoms with Crippen molar-refractivity contribution >= 4 is 11.5 Å². The van der Waals surface area contributed by atoms with Crippen LogP contribution in [0.4, 0.5) is 0 Å². The second-order valence-corrected chi connectivity index (χ2v) is 3.90. The van der Waals surface area contributed by atoms with Crippen molar-refractivity contribution in [3.05, 3.63) is 35.9 Å². The van der Waals surface area contributed by atoms with Crippen LogP contribution in [0, 0.1) is 0 Å². The summed E-state index contributed by atoms with van der Waals surface area (Å²) in [4.78, 5) is 10.9. The molecule has 86 valence electrons. The maximum atomic E-state index is 10.9. The molecular formula is C13H16O3. The summed E-state index contributed by atoms with van der Waals surface area (Å²) >= 11 is 0. The predicted octanol–water partition coefficient (Wildman–Crippen LogP) is 2.92. The maximum absolute atomic E-state index is 10.9. The molecule has 0 aromatic heterocycles. The van der Waals surface area contributed by atoms with Crippen molar-refractivity contribution in [1.82, 2.24) is 0 Å². The van der Waals surface area contributed by atoms with Crippen molar-refractivity contribution in [2.75, 3.05) is 7.11 Å². The average Bonchev–Trinajstić information content (AvgIpc) is 2.26. The summed E-state index contributed by atoms with van der Waals surface area (Å²) in [5.41, 5.74) is 1.67. The summed E-state index contributed by atoms with van der Waals surface area (Å²) in [5.74, 6) is -0.151. The van der Waals surface area contributed by atoms with Gasteiger partial charge in [0.25, 0.3) is 0 Å². The van der Waals surface area contributed by atoms with Gasteiger partial charge in [-0.25, -0.2) is 4.79 Å². The van der Waals surface area contributed by atoms with E-state index in [9.17, 15) is 4.79 Å². The molecule has 16 heavy (non-hydrogen) atoms. The van der Waals surface area contributed by atoms with Crippen LogP contribution in [0.3, 0.4) is 0 Å². The lowest BCUT2D eigenvalue weighted by Gasteiger charge is -2.12. The van der Waals surface area contributed by atoms with Gasteiger partial charge in [-0.05, 0) is 23.6 Å². The van der Waals surface area contributed by atoms with E-state index in [1.807, 2.05) is 12.1 Å². The number of methoxy groups -OCH3 is 1. The number of ether oxygens (including phenoxy) is 1. The van der Waals surface area contributed by atoms with E-state index in [-0.39, 0.29) is 5.57 Å². The fourth-order valence-electron chi connectivity index (χ4n) is 1.44. The van der Waals surface area contributed by atoms with Gasteiger partial charge in [-0.15, -0.1) is 0 Å². The molecule has 3 nitrogen and oxygen atoms in total. The smallest absolute Gasteiger partial charge is 0.335 e. The molecule has 0 aliphatic rings. The first-order valence-electron chi connectivity index (χ1n) is 5.08. The molecule has 0 unspecified atom stereocenters. The first-order valence-corrected chi connectivity index (χ1v) is 5.08. The molecule has 0 saturated heterocycles. The minimum Gasteiger partial charge on any atom is -0.496 e. The van der Waals surface area contributed by atoms with E-state index >= 15 is 0 Å². The molecule has 0 aliphatic heterocycles. The molecule has 1 rings (SSSR count). The zero-order valence-electron chi connectivity index (χ0n) is 9.78. The lowest BCUT2D eigenvalue weighted by Crippen LogP contribution is -2.02. The van der Waals surface area contributed by atoms with Crippen molar-refractivity contribution in [2.45, 2.75) is 19.8 Å². The molecule has 0 spiro atoms. The number of carbonyl (C=O) groups is 1. The molecule has 0 saturated carbocycles. The van der Waals surface area contributed by atoms with Crippen LogP contribution < -0.4 is 4.74 Å². The molecule has 0 heterocycles. The minimum absolute atomic E-state index is 0.0550. The highest BCUT2D eigenvalue weighted by Gasteiger charge is 2.14. The maximum Gasteiger partial charge on any atom is 0.335 e. The predicted molar refractivity (Wildman–Crippen MR) is 63.8 cm³/mol. The second-order valence-electron chi connectivity index (χ2n) is 3.90. The van der Waals surface area contributed by atoms with Crippen molar-refractivity contribution in [2.24, 2.45) is 0 Å². The van der Waals surface area contributed by atoms with Crippen LogP contribution in [0.5, 0.6) is 5.75 Å². The quantitative estimate of drug-likeness (QED) is 0.793. The standard InChI is InChI=1S/C13H16O3/c1-8(2)10-5-6-12(16-4)11(7-10)9(3)13(14)15/h5-8H,3H2,1-2,4H3,(H,14,15). The van der Waals surface area contributed by atoms with Gasteiger partial charge in [-0.3, -0.25) is 0 Å². The van der Waals surface area contributed by atoms with E-state index in [0.717, 1.165) is 5.56 Å². The van der Waals surface area contributed by atoms with Crippen molar-refractivity contribution in [3.8, 4) is 5.75 Å². The number of benzene rings is 1. The molecule has 0 fully saturated rings. The Labute approximate surface area is 95.4 Å². The fraction of sp³-hybridized carbons (Fsp3) is 0.308. The number of carboxylic acids is 1. The first-order chi connectivity index (χ1) is 7.47. The molecule has 0 amide bonds. The lowest BCUT2D eigenvalue weighted by molar-refractivity contribution is -0.130. The number of hydrogen-bond acceptors (Lipinski definition) is 2. The molecule has 0 radical (unpaired) electrons. The summed E-state index contributed by atoms with van der Waals surface area (Å²) in [6.07, 6.45) is 0. The zero-order valence-corrected chi connectivity index (χ0v) is 9.78. The number of carboxylic acid groups (broad SMARTS) is 1. The minimum atomic E-state index is -1.03. The molecule has 3 heteroatoms. The Bertz CT molecular complexity index is 419. The Hall–Kier alpha value is -1.77. The van der Waals surface area contributed by atoms with Crippen molar-refractivity contribution in [3.63, 3.8) is 0 Å². The van der Waals surface area contributed by atoms with Crippen LogP contribution in [-0.2, 0) is 4.79 Å². The van der Waals surface area contributed by atoms with Crippen LogP contribution in [0.1, 0.15) is 30.9 Å². The van der Waals surface area contributed by atoms with Crippen LogP contribution in [0.15, 0.2) is 24.8 Å². The monoisotopic (exact) mass is 220 g/mol. The molecule has 0 atom stereocenters. The molecule has 1 aromatic rings. The summed E-state index contributed by atoms with van der Waals surface area (Å²) in [6.45, 7) is 7.66. The summed E-state index contributed by atoms with van der Waals surface area (Å²) in [6, 6.07) is 5.53. The molecule has 0 bridgehead atoms. The van der Waals surface area contributed by atoms with Gasteiger partial charge < -0.3 is 9.84 Å². The summed E-state index contributed by atoms with van der Waals surface area (Å²) < 4.78 is 5.13. The average molecular weight is 220 g/mol. The third kappa shape index (κ3) is 2.42. The van der Waals surface area contributed by atoms with Gasteiger partial charge in [0.15, 0.2) is 0 Å². The van der Waals surface area contributed by atoms with Gasteiger partial charge in [0, 0.05) is 5.56 Å². The highest BCUT2D eigenvalue weighted by Crippen LogP contribution is 2.29. The summed E-state index contributed by atoms with van der Waals surface area (Å²) in [7, 11) is 1.52. The van der Waals surface area contributed by atoms with E-state index in [1.165, 1.54) is 7.11 Å². The lowest BCUT2D eigenvalue weighted by atomic mass is 9.97. The Morgan fingerprint density at radius 2 is 2.06 bits per heavy atom. The zero-order chi connectivity index (χ0) is 12.3. The van der Waals surface area contributed by atoms with E-state index in [1.54, 1.807) is 6.07 Å². The van der Waals surface area contributed by atoms with Crippen LogP contribution in [-0.4, -0.2) is 18.2 Å². The fourth-order valence-corrected chi connectivity index (χ4v) is 1.44. The van der Waals surface area contributed by atoms with Gasteiger partial charge in [-0.1, -0.05) is 26.5 Å². The van der Waals surface area contributed by atoms with E-state index in [4.69, 9.17) is 9.84 Å². The highest BCUT2D eigenvalue weighted by atomic mass is 16.5. The topological polar surface area (TPSA) is 46.5 Å². The highest BCUT2D eigenvalue weighted by molar-refractivity contribution is 6.15. The molecular weight excluding hydrogens is 204 g/mol. The van der Waals surface area contributed by atoms with Gasteiger partial charge in [0.05, 0.1) is 12.7 Å².